The average molecular weight is 196 g/mol. The van der Waals surface area contributed by atoms with Crippen LogP contribution in [0, 0.1) is 0 Å². The van der Waals surface area contributed by atoms with Crippen molar-refractivity contribution in [1.29, 1.82) is 0 Å². The topological polar surface area (TPSA) is 42.7 Å². The van der Waals surface area contributed by atoms with Crippen LogP contribution in [0.2, 0.25) is 0 Å². The molecule has 0 atom stereocenters. The summed E-state index contributed by atoms with van der Waals surface area (Å²) in [4.78, 5) is 4.23. The first-order valence-electron chi connectivity index (χ1n) is 5.34. The van der Waals surface area contributed by atoms with Gasteiger partial charge in [-0.25, -0.2) is 4.98 Å². The summed E-state index contributed by atoms with van der Waals surface area (Å²) in [6.07, 6.45) is 4.17. The molecule has 1 rings (SSSR count). The first kappa shape index (κ1) is 11.2. The van der Waals surface area contributed by atoms with Crippen molar-refractivity contribution in [2.45, 2.75) is 52.7 Å². The maximum atomic E-state index is 4.36. The van der Waals surface area contributed by atoms with Crippen LogP contribution in [-0.2, 0) is 13.1 Å². The number of rotatable bonds is 6. The van der Waals surface area contributed by atoms with Crippen LogP contribution in [0.25, 0.3) is 0 Å². The Morgan fingerprint density at radius 3 is 2.93 bits per heavy atom. The highest BCUT2D eigenvalue weighted by atomic mass is 15.3. The normalized spacial score (nSPS) is 11.1. The first-order valence-corrected chi connectivity index (χ1v) is 5.34. The van der Waals surface area contributed by atoms with Gasteiger partial charge in [0.2, 0.25) is 0 Å². The van der Waals surface area contributed by atoms with E-state index < -0.39 is 0 Å². The van der Waals surface area contributed by atoms with Crippen LogP contribution in [0.15, 0.2) is 6.33 Å². The summed E-state index contributed by atoms with van der Waals surface area (Å²) in [5.74, 6) is 0.884. The standard InChI is InChI=1S/C10H20N4/c1-4-5-6-14-8-12-10(13-14)7-11-9(2)3/h8-9,11H,4-7H2,1-3H3. The third-order valence-electron chi connectivity index (χ3n) is 1.99. The Hall–Kier alpha value is -0.900. The maximum Gasteiger partial charge on any atom is 0.164 e. The quantitative estimate of drug-likeness (QED) is 0.751. The molecule has 0 fully saturated rings. The second kappa shape index (κ2) is 5.75. The van der Waals surface area contributed by atoms with Crippen molar-refractivity contribution in [3.05, 3.63) is 12.2 Å². The van der Waals surface area contributed by atoms with E-state index in [2.05, 4.69) is 36.2 Å². The van der Waals surface area contributed by atoms with E-state index >= 15 is 0 Å². The highest BCUT2D eigenvalue weighted by molar-refractivity contribution is 4.81. The molecule has 0 saturated heterocycles. The van der Waals surface area contributed by atoms with Crippen LogP contribution < -0.4 is 5.32 Å². The summed E-state index contributed by atoms with van der Waals surface area (Å²) in [5, 5.41) is 7.66. The fraction of sp³-hybridized carbons (Fsp3) is 0.800. The summed E-state index contributed by atoms with van der Waals surface area (Å²) in [7, 11) is 0. The van der Waals surface area contributed by atoms with Crippen molar-refractivity contribution >= 4 is 0 Å². The summed E-state index contributed by atoms with van der Waals surface area (Å²) in [5.41, 5.74) is 0. The first-order chi connectivity index (χ1) is 6.72. The zero-order valence-electron chi connectivity index (χ0n) is 9.32. The van der Waals surface area contributed by atoms with Crippen LogP contribution >= 0.6 is 0 Å². The zero-order valence-corrected chi connectivity index (χ0v) is 9.32. The molecule has 0 spiro atoms. The van der Waals surface area contributed by atoms with Gasteiger partial charge in [0, 0.05) is 12.6 Å². The van der Waals surface area contributed by atoms with Gasteiger partial charge < -0.3 is 5.32 Å². The van der Waals surface area contributed by atoms with Gasteiger partial charge in [0.05, 0.1) is 6.54 Å². The predicted octanol–water partition coefficient (Wildman–Crippen LogP) is 1.58. The fourth-order valence-corrected chi connectivity index (χ4v) is 1.14. The molecule has 14 heavy (non-hydrogen) atoms. The van der Waals surface area contributed by atoms with Crippen molar-refractivity contribution in [3.63, 3.8) is 0 Å². The number of nitrogens with one attached hydrogen (secondary N) is 1. The van der Waals surface area contributed by atoms with Crippen LogP contribution in [0.5, 0.6) is 0 Å². The predicted molar refractivity (Wildman–Crippen MR) is 56.9 cm³/mol. The third-order valence-corrected chi connectivity index (χ3v) is 1.99. The zero-order chi connectivity index (χ0) is 10.4. The van der Waals surface area contributed by atoms with Crippen molar-refractivity contribution in [1.82, 2.24) is 20.1 Å². The highest BCUT2D eigenvalue weighted by Gasteiger charge is 2.00. The van der Waals surface area contributed by atoms with Crippen LogP contribution in [0.3, 0.4) is 0 Å². The number of unbranched alkanes of at least 4 members (excludes halogenated alkanes) is 1. The molecular formula is C10H20N4. The molecule has 1 aromatic heterocycles. The van der Waals surface area contributed by atoms with Gasteiger partial charge in [-0.1, -0.05) is 27.2 Å². The maximum absolute atomic E-state index is 4.36. The molecule has 0 aliphatic heterocycles. The van der Waals surface area contributed by atoms with Gasteiger partial charge in [0.25, 0.3) is 0 Å². The van der Waals surface area contributed by atoms with E-state index in [0.29, 0.717) is 6.04 Å². The summed E-state index contributed by atoms with van der Waals surface area (Å²) in [6, 6.07) is 0.484. The van der Waals surface area contributed by atoms with Crippen molar-refractivity contribution in [2.75, 3.05) is 0 Å². The molecule has 0 aromatic carbocycles. The number of aryl methyl sites for hydroxylation is 1. The Morgan fingerprint density at radius 2 is 2.29 bits per heavy atom. The van der Waals surface area contributed by atoms with Gasteiger partial charge in [-0.05, 0) is 6.42 Å². The molecule has 1 aromatic rings. The Labute approximate surface area is 85.7 Å². The van der Waals surface area contributed by atoms with Crippen molar-refractivity contribution in [2.24, 2.45) is 0 Å². The molecule has 4 nitrogen and oxygen atoms in total. The minimum atomic E-state index is 0.484. The van der Waals surface area contributed by atoms with E-state index in [1.807, 2.05) is 11.0 Å². The number of hydrogen-bond donors (Lipinski definition) is 1. The van der Waals surface area contributed by atoms with E-state index in [4.69, 9.17) is 0 Å². The molecule has 0 aliphatic carbocycles. The lowest BCUT2D eigenvalue weighted by Crippen LogP contribution is -2.22. The van der Waals surface area contributed by atoms with Gasteiger partial charge in [-0.15, -0.1) is 0 Å². The molecular weight excluding hydrogens is 176 g/mol. The van der Waals surface area contributed by atoms with E-state index in [1.54, 1.807) is 0 Å². The van der Waals surface area contributed by atoms with Gasteiger partial charge in [-0.2, -0.15) is 5.10 Å². The number of hydrogen-bond acceptors (Lipinski definition) is 3. The minimum Gasteiger partial charge on any atom is -0.308 e. The summed E-state index contributed by atoms with van der Waals surface area (Å²) in [6.45, 7) is 8.16. The van der Waals surface area contributed by atoms with Gasteiger partial charge in [0.15, 0.2) is 5.82 Å². The third kappa shape index (κ3) is 3.87. The molecule has 80 valence electrons. The fourth-order valence-electron chi connectivity index (χ4n) is 1.14. The Kier molecular flexibility index (Phi) is 4.59. The lowest BCUT2D eigenvalue weighted by molar-refractivity contribution is 0.542. The molecule has 0 amide bonds. The summed E-state index contributed by atoms with van der Waals surface area (Å²) < 4.78 is 1.92. The van der Waals surface area contributed by atoms with Crippen LogP contribution in [-0.4, -0.2) is 20.8 Å². The van der Waals surface area contributed by atoms with Gasteiger partial charge >= 0.3 is 0 Å². The lowest BCUT2D eigenvalue weighted by atomic mass is 10.3. The Bertz CT molecular complexity index is 254. The lowest BCUT2D eigenvalue weighted by Gasteiger charge is -2.04. The molecule has 0 saturated carbocycles. The Morgan fingerprint density at radius 1 is 1.50 bits per heavy atom. The average Bonchev–Trinajstić information content (AvgIpc) is 2.59. The van der Waals surface area contributed by atoms with E-state index in [9.17, 15) is 0 Å². The number of nitrogens with zero attached hydrogens (tertiary/aromatic N) is 3. The largest absolute Gasteiger partial charge is 0.308 e. The molecule has 4 heteroatoms. The van der Waals surface area contributed by atoms with E-state index in [1.165, 1.54) is 12.8 Å². The second-order valence-corrected chi connectivity index (χ2v) is 3.81. The van der Waals surface area contributed by atoms with Crippen LogP contribution in [0.4, 0.5) is 0 Å². The SMILES string of the molecule is CCCCn1cnc(CNC(C)C)n1. The van der Waals surface area contributed by atoms with Crippen molar-refractivity contribution in [3.8, 4) is 0 Å². The second-order valence-electron chi connectivity index (χ2n) is 3.81. The van der Waals surface area contributed by atoms with Crippen molar-refractivity contribution < 1.29 is 0 Å². The molecule has 0 radical (unpaired) electrons. The summed E-state index contributed by atoms with van der Waals surface area (Å²) >= 11 is 0. The molecule has 1 heterocycles. The van der Waals surface area contributed by atoms with E-state index in [0.717, 1.165) is 18.9 Å². The van der Waals surface area contributed by atoms with E-state index in [-0.39, 0.29) is 0 Å². The highest BCUT2D eigenvalue weighted by Crippen LogP contribution is 1.95. The van der Waals surface area contributed by atoms with Crippen LogP contribution in [0.1, 0.15) is 39.4 Å². The smallest absolute Gasteiger partial charge is 0.164 e. The monoisotopic (exact) mass is 196 g/mol. The molecule has 0 bridgehead atoms. The molecule has 0 unspecified atom stereocenters. The molecule has 0 aliphatic rings. The van der Waals surface area contributed by atoms with Gasteiger partial charge in [0.1, 0.15) is 6.33 Å². The molecule has 1 N–H and O–H groups in total. The Balaban J connectivity index is 2.35. The number of aromatic nitrogens is 3. The van der Waals surface area contributed by atoms with Gasteiger partial charge in [-0.3, -0.25) is 4.68 Å². The minimum absolute atomic E-state index is 0.484.